The molecule has 1 saturated carbocycles. The first-order chi connectivity index (χ1) is 18.6. The van der Waals surface area contributed by atoms with Gasteiger partial charge in [0.1, 0.15) is 17.2 Å². The van der Waals surface area contributed by atoms with Crippen molar-refractivity contribution in [2.75, 3.05) is 5.32 Å². The van der Waals surface area contributed by atoms with E-state index < -0.39 is 5.82 Å². The fourth-order valence-corrected chi connectivity index (χ4v) is 4.63. The van der Waals surface area contributed by atoms with Crippen LogP contribution in [0.4, 0.5) is 14.5 Å². The van der Waals surface area contributed by atoms with Crippen molar-refractivity contribution in [3.63, 3.8) is 0 Å². The molecule has 1 aromatic carbocycles. The minimum Gasteiger partial charge on any atom is -0.358 e. The van der Waals surface area contributed by atoms with Crippen LogP contribution < -0.4 is 5.32 Å². The number of imidazole rings is 1. The largest absolute Gasteiger partial charge is 0.358 e. The fraction of sp³-hybridized carbons (Fsp3) is 0.107. The van der Waals surface area contributed by atoms with E-state index in [0.717, 1.165) is 24.2 Å². The summed E-state index contributed by atoms with van der Waals surface area (Å²) in [5.74, 6) is -0.161. The summed E-state index contributed by atoms with van der Waals surface area (Å²) in [4.78, 5) is 20.6. The Morgan fingerprint density at radius 3 is 2.71 bits per heavy atom. The van der Waals surface area contributed by atoms with E-state index in [1.165, 1.54) is 12.3 Å². The van der Waals surface area contributed by atoms with Crippen molar-refractivity contribution in [3.8, 4) is 33.9 Å². The molecule has 1 fully saturated rings. The van der Waals surface area contributed by atoms with Crippen LogP contribution in [0.25, 0.3) is 56.0 Å². The number of fused-ring (bicyclic) bond motifs is 2. The minimum absolute atomic E-state index is 0.134. The molecule has 10 heteroatoms. The molecular formula is C28H20F2N8. The van der Waals surface area contributed by atoms with Gasteiger partial charge in [-0.2, -0.15) is 5.10 Å². The summed E-state index contributed by atoms with van der Waals surface area (Å²) < 4.78 is 30.6. The monoisotopic (exact) mass is 506 g/mol. The van der Waals surface area contributed by atoms with Crippen molar-refractivity contribution in [2.24, 2.45) is 5.92 Å². The van der Waals surface area contributed by atoms with Crippen molar-refractivity contribution in [1.29, 1.82) is 0 Å². The molecule has 3 N–H and O–H groups in total. The van der Waals surface area contributed by atoms with Gasteiger partial charge in [0.15, 0.2) is 17.3 Å². The second-order valence-corrected chi connectivity index (χ2v) is 9.29. The number of allylic oxidation sites excluding steroid dienone is 1. The molecule has 8 nitrogen and oxygen atoms in total. The molecule has 5 heterocycles. The van der Waals surface area contributed by atoms with Crippen LogP contribution in [0.3, 0.4) is 0 Å². The lowest BCUT2D eigenvalue weighted by Gasteiger charge is -2.10. The summed E-state index contributed by atoms with van der Waals surface area (Å²) in [6.07, 6.45) is 8.56. The van der Waals surface area contributed by atoms with E-state index in [-0.39, 0.29) is 22.6 Å². The number of pyridine rings is 3. The van der Waals surface area contributed by atoms with E-state index in [9.17, 15) is 4.39 Å². The number of aromatic nitrogens is 7. The summed E-state index contributed by atoms with van der Waals surface area (Å²) in [7, 11) is 0. The molecule has 0 unspecified atom stereocenters. The summed E-state index contributed by atoms with van der Waals surface area (Å²) >= 11 is 0. The van der Waals surface area contributed by atoms with Gasteiger partial charge in [-0.3, -0.25) is 15.1 Å². The van der Waals surface area contributed by atoms with Crippen molar-refractivity contribution in [3.05, 3.63) is 85.1 Å². The van der Waals surface area contributed by atoms with Crippen LogP contribution in [0.1, 0.15) is 12.8 Å². The smallest absolute Gasteiger partial charge is 0.178 e. The Hall–Kier alpha value is -4.99. The Kier molecular flexibility index (Phi) is 5.00. The summed E-state index contributed by atoms with van der Waals surface area (Å²) in [6.45, 7) is 4.08. The maximum absolute atomic E-state index is 16.0. The van der Waals surface area contributed by atoms with Gasteiger partial charge < -0.3 is 10.3 Å². The Bertz CT molecular complexity index is 1870. The van der Waals surface area contributed by atoms with Crippen LogP contribution in [0.15, 0.2) is 73.5 Å². The standard InChI is InChI=1S/C28H20F2N8/c1-14(15-6-7-15)34-17-10-16(11-31-12-17)24-23(30)22-21(13-33-24)37-38-26(22)28-35-25-19(8-9-32-27(25)36-28)18-4-2-3-5-20(18)29/h2-5,8-13,15,34H,1,6-7H2,(H,37,38)(H,32,35,36). The van der Waals surface area contributed by atoms with Crippen LogP contribution in [-0.2, 0) is 0 Å². The second-order valence-electron chi connectivity index (χ2n) is 9.29. The Morgan fingerprint density at radius 2 is 1.87 bits per heavy atom. The number of anilines is 1. The third kappa shape index (κ3) is 3.69. The van der Waals surface area contributed by atoms with Crippen LogP contribution in [0, 0.1) is 17.6 Å². The molecule has 0 bridgehead atoms. The third-order valence-electron chi connectivity index (χ3n) is 6.71. The van der Waals surface area contributed by atoms with E-state index in [2.05, 4.69) is 47.0 Å². The summed E-state index contributed by atoms with van der Waals surface area (Å²) in [6, 6.07) is 9.97. The average Bonchev–Trinajstić information content (AvgIpc) is 3.54. The highest BCUT2D eigenvalue weighted by molar-refractivity contribution is 5.97. The van der Waals surface area contributed by atoms with Crippen LogP contribution in [0.2, 0.25) is 0 Å². The van der Waals surface area contributed by atoms with Gasteiger partial charge in [-0.05, 0) is 37.0 Å². The first-order valence-electron chi connectivity index (χ1n) is 12.1. The van der Waals surface area contributed by atoms with E-state index >= 15 is 4.39 Å². The molecule has 0 spiro atoms. The molecule has 7 rings (SSSR count). The zero-order valence-corrected chi connectivity index (χ0v) is 20.0. The number of hydrogen-bond donors (Lipinski definition) is 3. The van der Waals surface area contributed by atoms with Crippen LogP contribution >= 0.6 is 0 Å². The highest BCUT2D eigenvalue weighted by atomic mass is 19.1. The number of H-pyrrole nitrogens is 2. The van der Waals surface area contributed by atoms with Gasteiger partial charge in [0.2, 0.25) is 0 Å². The minimum atomic E-state index is -0.561. The SMILES string of the molecule is C=C(Nc1cncc(-c2ncc3[nH]nc(-c4nc5nccc(-c6ccccc6F)c5[nH]4)c3c2F)c1)C1CC1. The zero-order chi connectivity index (χ0) is 25.8. The number of hydrogen-bond acceptors (Lipinski definition) is 6. The molecule has 186 valence electrons. The Morgan fingerprint density at radius 1 is 1.00 bits per heavy atom. The molecule has 38 heavy (non-hydrogen) atoms. The van der Waals surface area contributed by atoms with Crippen molar-refractivity contribution < 1.29 is 8.78 Å². The van der Waals surface area contributed by atoms with Crippen LogP contribution in [0.5, 0.6) is 0 Å². The molecule has 0 atom stereocenters. The quantitative estimate of drug-likeness (QED) is 0.247. The van der Waals surface area contributed by atoms with Crippen molar-refractivity contribution in [1.82, 2.24) is 35.1 Å². The molecule has 0 amide bonds. The topological polar surface area (TPSA) is 108 Å². The number of nitrogens with zero attached hydrogens (tertiary/aromatic N) is 5. The molecule has 0 aliphatic heterocycles. The molecule has 0 radical (unpaired) electrons. The average molecular weight is 507 g/mol. The number of aromatic amines is 2. The predicted octanol–water partition coefficient (Wildman–Crippen LogP) is 6.24. The summed E-state index contributed by atoms with van der Waals surface area (Å²) in [5, 5.41) is 10.6. The lowest BCUT2D eigenvalue weighted by Crippen LogP contribution is -2.01. The lowest BCUT2D eigenvalue weighted by molar-refractivity contribution is 0.631. The highest BCUT2D eigenvalue weighted by Gasteiger charge is 2.25. The molecular weight excluding hydrogens is 486 g/mol. The second kappa shape index (κ2) is 8.55. The molecule has 5 aromatic heterocycles. The van der Waals surface area contributed by atoms with Crippen LogP contribution in [-0.4, -0.2) is 35.1 Å². The van der Waals surface area contributed by atoms with Gasteiger partial charge in [-0.1, -0.05) is 24.8 Å². The molecule has 1 aliphatic rings. The van der Waals surface area contributed by atoms with Gasteiger partial charge >= 0.3 is 0 Å². The number of nitrogens with one attached hydrogen (secondary N) is 3. The lowest BCUT2D eigenvalue weighted by atomic mass is 10.1. The number of halogens is 2. The van der Waals surface area contributed by atoms with Gasteiger partial charge in [-0.15, -0.1) is 0 Å². The fourth-order valence-electron chi connectivity index (χ4n) is 4.63. The third-order valence-corrected chi connectivity index (χ3v) is 6.71. The molecule has 0 saturated heterocycles. The summed E-state index contributed by atoms with van der Waals surface area (Å²) in [5.41, 5.74) is 4.87. The number of benzene rings is 1. The Balaban J connectivity index is 1.33. The van der Waals surface area contributed by atoms with E-state index in [1.54, 1.807) is 48.9 Å². The Labute approximate surface area is 214 Å². The van der Waals surface area contributed by atoms with Gasteiger partial charge in [0, 0.05) is 34.8 Å². The highest BCUT2D eigenvalue weighted by Crippen LogP contribution is 2.37. The van der Waals surface area contributed by atoms with E-state index in [0.29, 0.717) is 45.1 Å². The van der Waals surface area contributed by atoms with Gasteiger partial charge in [0.05, 0.1) is 34.5 Å². The number of rotatable bonds is 6. The first-order valence-corrected chi connectivity index (χ1v) is 12.1. The van der Waals surface area contributed by atoms with Crippen molar-refractivity contribution >= 4 is 27.8 Å². The predicted molar refractivity (Wildman–Crippen MR) is 141 cm³/mol. The maximum Gasteiger partial charge on any atom is 0.178 e. The van der Waals surface area contributed by atoms with E-state index in [4.69, 9.17) is 0 Å². The molecule has 6 aromatic rings. The first kappa shape index (κ1) is 22.2. The van der Waals surface area contributed by atoms with Gasteiger partial charge in [0.25, 0.3) is 0 Å². The molecule has 1 aliphatic carbocycles. The van der Waals surface area contributed by atoms with Gasteiger partial charge in [-0.25, -0.2) is 18.7 Å². The zero-order valence-electron chi connectivity index (χ0n) is 20.0. The normalized spacial score (nSPS) is 13.3. The van der Waals surface area contributed by atoms with Crippen molar-refractivity contribution in [2.45, 2.75) is 12.8 Å². The maximum atomic E-state index is 16.0. The van der Waals surface area contributed by atoms with E-state index in [1.807, 2.05) is 0 Å².